The second-order valence-electron chi connectivity index (χ2n) is 2.77. The molecule has 0 saturated carbocycles. The van der Waals surface area contributed by atoms with Crippen LogP contribution < -0.4 is 4.74 Å². The van der Waals surface area contributed by atoms with Gasteiger partial charge in [0.1, 0.15) is 5.75 Å². The summed E-state index contributed by atoms with van der Waals surface area (Å²) in [5.74, 6) is 0.238. The van der Waals surface area contributed by atoms with Crippen LogP contribution in [0.2, 0.25) is 0 Å². The third-order valence-corrected chi connectivity index (χ3v) is 1.94. The van der Waals surface area contributed by atoms with Crippen molar-refractivity contribution in [2.75, 3.05) is 7.11 Å². The van der Waals surface area contributed by atoms with E-state index in [9.17, 15) is 13.2 Å². The summed E-state index contributed by atoms with van der Waals surface area (Å²) in [7, 11) is 1.35. The van der Waals surface area contributed by atoms with Crippen LogP contribution in [0.3, 0.4) is 0 Å². The van der Waals surface area contributed by atoms with Crippen molar-refractivity contribution in [2.24, 2.45) is 0 Å². The maximum Gasteiger partial charge on any atom is 0.416 e. The molecule has 0 N–H and O–H groups in total. The molecule has 0 fully saturated rings. The monoisotopic (exact) mass is 203 g/mol. The van der Waals surface area contributed by atoms with Crippen LogP contribution in [0.4, 0.5) is 13.2 Å². The Hall–Kier alpha value is -1.19. The zero-order valence-electron chi connectivity index (χ0n) is 7.90. The normalized spacial score (nSPS) is 11.5. The Morgan fingerprint density at radius 3 is 2.43 bits per heavy atom. The molecule has 14 heavy (non-hydrogen) atoms. The summed E-state index contributed by atoms with van der Waals surface area (Å²) in [4.78, 5) is 0. The van der Waals surface area contributed by atoms with Gasteiger partial charge in [0.15, 0.2) is 0 Å². The van der Waals surface area contributed by atoms with Crippen LogP contribution in [-0.4, -0.2) is 7.11 Å². The number of hydrogen-bond donors (Lipinski definition) is 0. The maximum atomic E-state index is 12.5. The highest BCUT2D eigenvalue weighted by molar-refractivity contribution is 5.41. The second-order valence-corrected chi connectivity index (χ2v) is 2.77. The van der Waals surface area contributed by atoms with E-state index < -0.39 is 11.7 Å². The smallest absolute Gasteiger partial charge is 0.416 e. The summed E-state index contributed by atoms with van der Waals surface area (Å²) in [6.45, 7) is 1.66. The Labute approximate surface area is 80.5 Å². The van der Waals surface area contributed by atoms with Crippen LogP contribution in [0.1, 0.15) is 18.1 Å². The summed E-state index contributed by atoms with van der Waals surface area (Å²) >= 11 is 0. The topological polar surface area (TPSA) is 9.23 Å². The molecule has 1 aromatic carbocycles. The molecule has 0 aromatic heterocycles. The van der Waals surface area contributed by atoms with Gasteiger partial charge in [-0.05, 0) is 24.6 Å². The van der Waals surface area contributed by atoms with Crippen molar-refractivity contribution in [3.63, 3.8) is 0 Å². The van der Waals surface area contributed by atoms with E-state index in [1.54, 1.807) is 6.92 Å². The van der Waals surface area contributed by atoms with Gasteiger partial charge in [0.25, 0.3) is 0 Å². The average molecular weight is 203 g/mol. The number of rotatable bonds is 2. The molecule has 4 heteroatoms. The molecular formula is C10H10F3O. The number of methoxy groups -OCH3 is 1. The molecule has 0 aliphatic carbocycles. The fraction of sp³-hybridized carbons (Fsp3) is 0.400. The van der Waals surface area contributed by atoms with Crippen LogP contribution in [0.15, 0.2) is 12.1 Å². The van der Waals surface area contributed by atoms with Crippen LogP contribution in [0.5, 0.6) is 5.75 Å². The molecule has 77 valence electrons. The SMILES string of the molecule is CCc1c(OC)c[c]cc1C(F)(F)F. The molecule has 0 aliphatic rings. The van der Waals surface area contributed by atoms with E-state index >= 15 is 0 Å². The minimum atomic E-state index is -4.34. The first kappa shape index (κ1) is 10.9. The highest BCUT2D eigenvalue weighted by atomic mass is 19.4. The molecule has 0 saturated heterocycles. The summed E-state index contributed by atoms with van der Waals surface area (Å²) in [5, 5.41) is 0. The molecule has 0 spiro atoms. The zero-order chi connectivity index (χ0) is 10.8. The van der Waals surface area contributed by atoms with E-state index in [2.05, 4.69) is 6.07 Å². The molecule has 1 aromatic rings. The maximum absolute atomic E-state index is 12.5. The second kappa shape index (κ2) is 3.90. The lowest BCUT2D eigenvalue weighted by atomic mass is 10.0. The number of halogens is 3. The molecular weight excluding hydrogens is 193 g/mol. The third kappa shape index (κ3) is 2.00. The fourth-order valence-electron chi connectivity index (χ4n) is 1.31. The van der Waals surface area contributed by atoms with Crippen LogP contribution >= 0.6 is 0 Å². The van der Waals surface area contributed by atoms with E-state index in [0.717, 1.165) is 6.07 Å². The van der Waals surface area contributed by atoms with Gasteiger partial charge in [-0.2, -0.15) is 13.2 Å². The Kier molecular flexibility index (Phi) is 3.03. The van der Waals surface area contributed by atoms with Gasteiger partial charge in [-0.25, -0.2) is 0 Å². The largest absolute Gasteiger partial charge is 0.496 e. The number of benzene rings is 1. The molecule has 0 heterocycles. The van der Waals surface area contributed by atoms with Gasteiger partial charge in [0.2, 0.25) is 0 Å². The van der Waals surface area contributed by atoms with Crippen molar-refractivity contribution in [2.45, 2.75) is 19.5 Å². The quantitative estimate of drug-likeness (QED) is 0.717. The van der Waals surface area contributed by atoms with Gasteiger partial charge < -0.3 is 4.74 Å². The standard InChI is InChI=1S/C10H10F3O/c1-3-7-8(10(11,12)13)5-4-6-9(7)14-2/h5-6H,3H2,1-2H3. The predicted molar refractivity (Wildman–Crippen MR) is 46.2 cm³/mol. The lowest BCUT2D eigenvalue weighted by Gasteiger charge is -2.14. The van der Waals surface area contributed by atoms with Crippen LogP contribution in [0, 0.1) is 6.07 Å². The highest BCUT2D eigenvalue weighted by Gasteiger charge is 2.33. The molecule has 0 amide bonds. The van der Waals surface area contributed by atoms with E-state index in [-0.39, 0.29) is 17.7 Å². The van der Waals surface area contributed by atoms with Gasteiger partial charge >= 0.3 is 6.18 Å². The van der Waals surface area contributed by atoms with E-state index in [1.165, 1.54) is 13.2 Å². The van der Waals surface area contributed by atoms with Gasteiger partial charge in [-0.15, -0.1) is 0 Å². The van der Waals surface area contributed by atoms with Crippen molar-refractivity contribution in [3.05, 3.63) is 29.3 Å². The predicted octanol–water partition coefficient (Wildman–Crippen LogP) is 3.08. The van der Waals surface area contributed by atoms with E-state index in [4.69, 9.17) is 4.74 Å². The number of hydrogen-bond acceptors (Lipinski definition) is 1. The first-order valence-corrected chi connectivity index (χ1v) is 4.14. The molecule has 0 bridgehead atoms. The molecule has 1 nitrogen and oxygen atoms in total. The third-order valence-electron chi connectivity index (χ3n) is 1.94. The van der Waals surface area contributed by atoms with Crippen LogP contribution in [0.25, 0.3) is 0 Å². The Balaban J connectivity index is 3.29. The molecule has 0 aliphatic heterocycles. The minimum absolute atomic E-state index is 0.179. The first-order chi connectivity index (χ1) is 6.50. The van der Waals surface area contributed by atoms with Crippen molar-refractivity contribution in [1.82, 2.24) is 0 Å². The minimum Gasteiger partial charge on any atom is -0.496 e. The average Bonchev–Trinajstić information content (AvgIpc) is 2.15. The highest BCUT2D eigenvalue weighted by Crippen LogP contribution is 2.35. The number of alkyl halides is 3. The zero-order valence-corrected chi connectivity index (χ0v) is 7.90. The number of ether oxygens (including phenoxy) is 1. The van der Waals surface area contributed by atoms with Gasteiger partial charge in [-0.3, -0.25) is 0 Å². The van der Waals surface area contributed by atoms with Gasteiger partial charge in [0.05, 0.1) is 12.7 Å². The summed E-state index contributed by atoms with van der Waals surface area (Å²) in [6.07, 6.45) is -4.05. The van der Waals surface area contributed by atoms with Crippen LogP contribution in [-0.2, 0) is 12.6 Å². The molecule has 1 rings (SSSR count). The Morgan fingerprint density at radius 2 is 2.00 bits per heavy atom. The van der Waals surface area contributed by atoms with Crippen molar-refractivity contribution in [3.8, 4) is 5.75 Å². The van der Waals surface area contributed by atoms with Crippen molar-refractivity contribution < 1.29 is 17.9 Å². The molecule has 0 unspecified atom stereocenters. The first-order valence-electron chi connectivity index (χ1n) is 4.14. The fourth-order valence-corrected chi connectivity index (χ4v) is 1.31. The van der Waals surface area contributed by atoms with Crippen molar-refractivity contribution in [1.29, 1.82) is 0 Å². The molecule has 0 atom stereocenters. The van der Waals surface area contributed by atoms with E-state index in [1.807, 2.05) is 0 Å². The van der Waals surface area contributed by atoms with Gasteiger partial charge in [-0.1, -0.05) is 6.92 Å². The summed E-state index contributed by atoms with van der Waals surface area (Å²) < 4.78 is 42.3. The lowest BCUT2D eigenvalue weighted by molar-refractivity contribution is -0.138. The Bertz CT molecular complexity index is 318. The van der Waals surface area contributed by atoms with E-state index in [0.29, 0.717) is 0 Å². The van der Waals surface area contributed by atoms with Gasteiger partial charge in [0, 0.05) is 5.56 Å². The molecule has 1 radical (unpaired) electrons. The van der Waals surface area contributed by atoms with Crippen molar-refractivity contribution >= 4 is 0 Å². The summed E-state index contributed by atoms with van der Waals surface area (Å²) in [6, 6.07) is 4.77. The lowest BCUT2D eigenvalue weighted by Crippen LogP contribution is -2.09. The summed E-state index contributed by atoms with van der Waals surface area (Å²) in [5.41, 5.74) is -0.488. The Morgan fingerprint density at radius 1 is 1.36 bits per heavy atom.